The Morgan fingerprint density at radius 1 is 1.30 bits per heavy atom. The van der Waals surface area contributed by atoms with E-state index in [9.17, 15) is 4.79 Å². The van der Waals surface area contributed by atoms with E-state index in [-0.39, 0.29) is 5.91 Å². The van der Waals surface area contributed by atoms with E-state index < -0.39 is 0 Å². The van der Waals surface area contributed by atoms with Crippen LogP contribution in [0.15, 0.2) is 55.3 Å². The lowest BCUT2D eigenvalue weighted by Gasteiger charge is -2.10. The molecule has 0 saturated heterocycles. The van der Waals surface area contributed by atoms with Crippen LogP contribution < -0.4 is 5.32 Å². The Hall–Kier alpha value is -2.68. The molecule has 1 N–H and O–H groups in total. The lowest BCUT2D eigenvalue weighted by molar-refractivity contribution is -0.111. The smallest absolute Gasteiger partial charge is 0.247 e. The van der Waals surface area contributed by atoms with Gasteiger partial charge in [-0.15, -0.1) is 0 Å². The molecule has 0 spiro atoms. The molecule has 0 bridgehead atoms. The molecule has 2 aromatic rings. The number of benzene rings is 1. The molecular weight excluding hydrogens is 284 g/mol. The Morgan fingerprint density at radius 2 is 2.09 bits per heavy atom. The average molecular weight is 306 g/mol. The fraction of sp³-hybridized carbons (Fsp3) is 0.200. The highest BCUT2D eigenvalue weighted by Crippen LogP contribution is 2.27. The summed E-state index contributed by atoms with van der Waals surface area (Å²) in [6, 6.07) is 9.88. The van der Waals surface area contributed by atoms with Gasteiger partial charge in [-0.25, -0.2) is 0 Å². The number of nitrogens with zero attached hydrogens (tertiary/aromatic N) is 1. The third kappa shape index (κ3) is 4.16. The number of amides is 1. The lowest BCUT2D eigenvalue weighted by atomic mass is 9.99. The Bertz CT molecular complexity index is 760. The van der Waals surface area contributed by atoms with E-state index in [1.54, 1.807) is 0 Å². The van der Waals surface area contributed by atoms with Crippen LogP contribution in [0.1, 0.15) is 31.5 Å². The van der Waals surface area contributed by atoms with Gasteiger partial charge in [0.25, 0.3) is 0 Å². The quantitative estimate of drug-likeness (QED) is 0.790. The number of aryl methyl sites for hydroxylation is 1. The molecular formula is C20H22N2O. The number of anilines is 1. The summed E-state index contributed by atoms with van der Waals surface area (Å²) in [5, 5.41) is 2.78. The summed E-state index contributed by atoms with van der Waals surface area (Å²) in [6.45, 7) is 9.72. The first kappa shape index (κ1) is 16.7. The van der Waals surface area contributed by atoms with Gasteiger partial charge in [-0.3, -0.25) is 9.78 Å². The molecule has 1 heterocycles. The Balaban J connectivity index is 2.41. The molecule has 1 amide bonds. The first-order valence-electron chi connectivity index (χ1n) is 7.72. The molecule has 3 heteroatoms. The molecule has 3 nitrogen and oxygen atoms in total. The van der Waals surface area contributed by atoms with Crippen LogP contribution in [0.4, 0.5) is 5.69 Å². The summed E-state index contributed by atoms with van der Waals surface area (Å²) in [4.78, 5) is 16.0. The highest BCUT2D eigenvalue weighted by Gasteiger charge is 2.07. The maximum Gasteiger partial charge on any atom is 0.247 e. The largest absolute Gasteiger partial charge is 0.323 e. The van der Waals surface area contributed by atoms with Crippen molar-refractivity contribution >= 4 is 17.2 Å². The predicted octanol–water partition coefficient (Wildman–Crippen LogP) is 4.99. The highest BCUT2D eigenvalue weighted by atomic mass is 16.1. The van der Waals surface area contributed by atoms with E-state index in [1.165, 1.54) is 11.6 Å². The summed E-state index contributed by atoms with van der Waals surface area (Å²) in [7, 11) is 0. The fourth-order valence-corrected chi connectivity index (χ4v) is 2.48. The number of carbonyl (C=O) groups is 1. The van der Waals surface area contributed by atoms with Gasteiger partial charge in [0.05, 0.1) is 0 Å². The van der Waals surface area contributed by atoms with Crippen molar-refractivity contribution in [3.8, 4) is 11.1 Å². The molecule has 0 aliphatic rings. The average Bonchev–Trinajstić information content (AvgIpc) is 2.55. The zero-order valence-electron chi connectivity index (χ0n) is 13.9. The zero-order chi connectivity index (χ0) is 16.8. The van der Waals surface area contributed by atoms with E-state index in [1.807, 2.05) is 37.4 Å². The van der Waals surface area contributed by atoms with Crippen molar-refractivity contribution in [1.82, 2.24) is 4.98 Å². The topological polar surface area (TPSA) is 42.0 Å². The van der Waals surface area contributed by atoms with Crippen molar-refractivity contribution in [2.24, 2.45) is 0 Å². The summed E-state index contributed by atoms with van der Waals surface area (Å²) < 4.78 is 0. The Labute approximate surface area is 137 Å². The summed E-state index contributed by atoms with van der Waals surface area (Å²) in [5.74, 6) is -0.216. The SMILES string of the molecule is C=CC(=O)Nc1cccc(-c2cnc(C)c(/C(C)=C\CC)c2)c1. The number of aromatic nitrogens is 1. The molecule has 0 fully saturated rings. The number of hydrogen-bond donors (Lipinski definition) is 1. The van der Waals surface area contributed by atoms with Crippen LogP contribution in [-0.4, -0.2) is 10.9 Å². The van der Waals surface area contributed by atoms with Gasteiger partial charge in [0.1, 0.15) is 0 Å². The molecule has 0 aliphatic carbocycles. The van der Waals surface area contributed by atoms with E-state index in [0.29, 0.717) is 0 Å². The second-order valence-corrected chi connectivity index (χ2v) is 5.43. The molecule has 1 aromatic heterocycles. The lowest BCUT2D eigenvalue weighted by Crippen LogP contribution is -2.07. The van der Waals surface area contributed by atoms with E-state index >= 15 is 0 Å². The number of pyridine rings is 1. The molecule has 0 saturated carbocycles. The minimum absolute atomic E-state index is 0.216. The minimum atomic E-state index is -0.216. The molecule has 1 aromatic carbocycles. The van der Waals surface area contributed by atoms with Crippen LogP contribution in [0.25, 0.3) is 16.7 Å². The van der Waals surface area contributed by atoms with Crippen molar-refractivity contribution in [2.75, 3.05) is 5.32 Å². The molecule has 0 radical (unpaired) electrons. The number of hydrogen-bond acceptors (Lipinski definition) is 2. The van der Waals surface area contributed by atoms with Crippen LogP contribution >= 0.6 is 0 Å². The van der Waals surface area contributed by atoms with Crippen molar-refractivity contribution in [3.63, 3.8) is 0 Å². The molecule has 0 atom stereocenters. The van der Waals surface area contributed by atoms with Gasteiger partial charge in [-0.2, -0.15) is 0 Å². The third-order valence-corrected chi connectivity index (χ3v) is 3.67. The van der Waals surface area contributed by atoms with Crippen molar-refractivity contribution in [1.29, 1.82) is 0 Å². The van der Waals surface area contributed by atoms with Crippen LogP contribution in [0, 0.1) is 6.92 Å². The zero-order valence-corrected chi connectivity index (χ0v) is 13.9. The Morgan fingerprint density at radius 3 is 2.78 bits per heavy atom. The monoisotopic (exact) mass is 306 g/mol. The van der Waals surface area contributed by atoms with E-state index in [2.05, 4.69) is 42.9 Å². The normalized spacial score (nSPS) is 11.2. The summed E-state index contributed by atoms with van der Waals surface area (Å²) in [6.07, 6.45) is 6.33. The maximum atomic E-state index is 11.4. The molecule has 0 unspecified atom stereocenters. The molecule has 2 rings (SSSR count). The van der Waals surface area contributed by atoms with Gasteiger partial charge in [0.15, 0.2) is 0 Å². The number of rotatable bonds is 5. The number of nitrogens with one attached hydrogen (secondary N) is 1. The first-order valence-corrected chi connectivity index (χ1v) is 7.72. The van der Waals surface area contributed by atoms with E-state index in [4.69, 9.17) is 0 Å². The van der Waals surface area contributed by atoms with Crippen LogP contribution in [0.3, 0.4) is 0 Å². The van der Waals surface area contributed by atoms with E-state index in [0.717, 1.165) is 34.5 Å². The van der Waals surface area contributed by atoms with Crippen LogP contribution in [0.5, 0.6) is 0 Å². The van der Waals surface area contributed by atoms with Gasteiger partial charge < -0.3 is 5.32 Å². The standard InChI is InChI=1S/C20H22N2O/c1-5-8-14(3)19-12-17(13-21-15(19)4)16-9-7-10-18(11-16)22-20(23)6-2/h6-13H,2,5H2,1,3-4H3,(H,22,23)/b14-8-. The molecule has 118 valence electrons. The van der Waals surface area contributed by atoms with Crippen LogP contribution in [-0.2, 0) is 4.79 Å². The van der Waals surface area contributed by atoms with Crippen molar-refractivity contribution in [2.45, 2.75) is 27.2 Å². The second-order valence-electron chi connectivity index (χ2n) is 5.43. The van der Waals surface area contributed by atoms with Crippen molar-refractivity contribution < 1.29 is 4.79 Å². The fourth-order valence-electron chi connectivity index (χ4n) is 2.48. The van der Waals surface area contributed by atoms with Crippen LogP contribution in [0.2, 0.25) is 0 Å². The first-order chi connectivity index (χ1) is 11.0. The second kappa shape index (κ2) is 7.54. The molecule has 0 aliphatic heterocycles. The van der Waals surface area contributed by atoms with Gasteiger partial charge in [-0.1, -0.05) is 31.7 Å². The third-order valence-electron chi connectivity index (χ3n) is 3.67. The minimum Gasteiger partial charge on any atom is -0.323 e. The van der Waals surface area contributed by atoms with Crippen molar-refractivity contribution in [3.05, 3.63) is 66.5 Å². The number of carbonyl (C=O) groups excluding carboxylic acids is 1. The van der Waals surface area contributed by atoms with Gasteiger partial charge in [0.2, 0.25) is 5.91 Å². The summed E-state index contributed by atoms with van der Waals surface area (Å²) >= 11 is 0. The summed E-state index contributed by atoms with van der Waals surface area (Å²) in [5.41, 5.74) is 6.21. The number of allylic oxidation sites excluding steroid dienone is 2. The van der Waals surface area contributed by atoms with Gasteiger partial charge >= 0.3 is 0 Å². The van der Waals surface area contributed by atoms with Gasteiger partial charge in [0, 0.05) is 23.1 Å². The molecule has 23 heavy (non-hydrogen) atoms. The Kier molecular flexibility index (Phi) is 5.47. The van der Waals surface area contributed by atoms with Gasteiger partial charge in [-0.05, 0) is 61.2 Å². The maximum absolute atomic E-state index is 11.4. The predicted molar refractivity (Wildman–Crippen MR) is 97.2 cm³/mol. The highest BCUT2D eigenvalue weighted by molar-refractivity contribution is 5.99.